The van der Waals surface area contributed by atoms with Gasteiger partial charge in [-0.1, -0.05) is 135 Å². The lowest BCUT2D eigenvalue weighted by molar-refractivity contribution is -0.147. The molecule has 49 heavy (non-hydrogen) atoms. The minimum Gasteiger partial charge on any atom is -0.480 e. The Balaban J connectivity index is 3.98. The Hall–Kier alpha value is -1.78. The molecule has 0 aliphatic rings. The maximum Gasteiger partial charge on any atom is 0.472 e. The van der Waals surface area contributed by atoms with Crippen molar-refractivity contribution in [2.45, 2.75) is 187 Å². The fraction of sp³-hybridized carbons (Fsp3) is 0.865. The normalized spacial score (nSPS) is 14.0. The number of carboxylic acid groups (broad SMARTS) is 1. The third-order valence-corrected chi connectivity index (χ3v) is 9.26. The summed E-state index contributed by atoms with van der Waals surface area (Å²) in [7, 11) is -4.74. The number of nitrogens with one attached hydrogen (secondary N) is 1. The van der Waals surface area contributed by atoms with Crippen LogP contribution in [0.4, 0.5) is 0 Å². The summed E-state index contributed by atoms with van der Waals surface area (Å²) in [5, 5.41) is 21.7. The highest BCUT2D eigenvalue weighted by Gasteiger charge is 2.28. The first kappa shape index (κ1) is 47.2. The van der Waals surface area contributed by atoms with Gasteiger partial charge in [-0.25, -0.2) is 9.36 Å². The lowest BCUT2D eigenvalue weighted by Crippen LogP contribution is -2.43. The predicted octanol–water partition coefficient (Wildman–Crippen LogP) is 8.94. The van der Waals surface area contributed by atoms with Crippen LogP contribution in [-0.4, -0.2) is 64.9 Å². The molecule has 288 valence electrons. The summed E-state index contributed by atoms with van der Waals surface area (Å²) in [6.45, 7) is 2.55. The maximum atomic E-state index is 12.2. The smallest absolute Gasteiger partial charge is 0.472 e. The number of hydrogen-bond donors (Lipinski definition) is 4. The van der Waals surface area contributed by atoms with Crippen molar-refractivity contribution in [1.29, 1.82) is 0 Å². The number of phosphoric ester groups is 1. The molecule has 0 heterocycles. The largest absolute Gasteiger partial charge is 0.480 e. The summed E-state index contributed by atoms with van der Waals surface area (Å²) in [6, 6.07) is -1.54. The lowest BCUT2D eigenvalue weighted by Gasteiger charge is -2.18. The zero-order valence-corrected chi connectivity index (χ0v) is 31.6. The highest BCUT2D eigenvalue weighted by Crippen LogP contribution is 2.43. The van der Waals surface area contributed by atoms with Gasteiger partial charge in [0.15, 0.2) is 6.04 Å². The van der Waals surface area contributed by atoms with Crippen LogP contribution in [0.15, 0.2) is 12.2 Å². The van der Waals surface area contributed by atoms with Crippen LogP contribution in [0, 0.1) is 0 Å². The summed E-state index contributed by atoms with van der Waals surface area (Å²) in [5.74, 6) is -2.38. The van der Waals surface area contributed by atoms with Crippen molar-refractivity contribution in [3.05, 3.63) is 12.2 Å². The van der Waals surface area contributed by atoms with E-state index in [0.717, 1.165) is 57.8 Å². The maximum absolute atomic E-state index is 12.2. The van der Waals surface area contributed by atoms with Crippen molar-refractivity contribution in [1.82, 2.24) is 5.32 Å². The molecule has 0 aliphatic carbocycles. The molecule has 0 bridgehead atoms. The first-order valence-electron chi connectivity index (χ1n) is 19.2. The number of carbonyl (C=O) groups excluding carboxylic acids is 2. The van der Waals surface area contributed by atoms with Crippen LogP contribution in [0.2, 0.25) is 0 Å². The Morgan fingerprint density at radius 3 is 1.55 bits per heavy atom. The molecular weight excluding hydrogens is 649 g/mol. The topological polar surface area (TPSA) is 169 Å². The van der Waals surface area contributed by atoms with E-state index in [1.807, 2.05) is 0 Å². The Bertz CT molecular complexity index is 900. The first-order valence-corrected chi connectivity index (χ1v) is 20.7. The van der Waals surface area contributed by atoms with E-state index in [2.05, 4.69) is 31.3 Å². The van der Waals surface area contributed by atoms with Gasteiger partial charge in [0.05, 0.1) is 13.2 Å². The second kappa shape index (κ2) is 33.4. The summed E-state index contributed by atoms with van der Waals surface area (Å²) < 4.78 is 26.7. The van der Waals surface area contributed by atoms with E-state index in [4.69, 9.17) is 13.8 Å². The number of hydrogen-bond acceptors (Lipinski definition) is 8. The Kier molecular flexibility index (Phi) is 32.2. The van der Waals surface area contributed by atoms with Crippen LogP contribution in [0.1, 0.15) is 174 Å². The third-order valence-electron chi connectivity index (χ3n) is 8.30. The van der Waals surface area contributed by atoms with Crippen molar-refractivity contribution in [3.8, 4) is 0 Å². The number of unbranched alkanes of at least 4 members (excludes halogenated alkanes) is 20. The number of ether oxygens (including phenoxy) is 1. The number of aliphatic carboxylic acids is 1. The van der Waals surface area contributed by atoms with Crippen molar-refractivity contribution in [3.63, 3.8) is 0 Å². The number of allylic oxidation sites excluding steroid dienone is 2. The van der Waals surface area contributed by atoms with Crippen LogP contribution >= 0.6 is 7.82 Å². The summed E-state index contributed by atoms with van der Waals surface area (Å²) in [4.78, 5) is 45.6. The molecule has 3 unspecified atom stereocenters. The standard InChI is InChI=1S/C37H70NO10P/c1-3-5-7-9-11-13-15-16-17-19-20-22-24-26-28-35(40)38-34(37(42)43)32-48-49(44,45)47-31-33(39)30-46-36(41)29-27-25-23-21-18-14-12-10-8-6-4-2/h15-16,33-34,39H,3-14,17-32H2,1-2H3,(H,38,40)(H,42,43)(H,44,45)/b16-15-. The average Bonchev–Trinajstić information content (AvgIpc) is 3.07. The van der Waals surface area contributed by atoms with Gasteiger partial charge in [-0.15, -0.1) is 0 Å². The lowest BCUT2D eigenvalue weighted by atomic mass is 10.1. The average molecular weight is 720 g/mol. The van der Waals surface area contributed by atoms with Crippen molar-refractivity contribution in [2.24, 2.45) is 0 Å². The second-order valence-electron chi connectivity index (χ2n) is 13.1. The zero-order valence-electron chi connectivity index (χ0n) is 30.8. The molecule has 3 atom stereocenters. The molecule has 0 aromatic carbocycles. The molecule has 4 N–H and O–H groups in total. The van der Waals surface area contributed by atoms with Gasteiger partial charge in [0, 0.05) is 12.8 Å². The van der Waals surface area contributed by atoms with Crippen LogP contribution in [-0.2, 0) is 32.7 Å². The van der Waals surface area contributed by atoms with Gasteiger partial charge < -0.3 is 25.2 Å². The zero-order chi connectivity index (χ0) is 36.4. The van der Waals surface area contributed by atoms with Crippen LogP contribution in [0.25, 0.3) is 0 Å². The molecule has 11 nitrogen and oxygen atoms in total. The minimum absolute atomic E-state index is 0.138. The molecule has 12 heteroatoms. The Labute approximate surface area is 296 Å². The predicted molar refractivity (Wildman–Crippen MR) is 194 cm³/mol. The van der Waals surface area contributed by atoms with Crippen LogP contribution in [0.3, 0.4) is 0 Å². The summed E-state index contributed by atoms with van der Waals surface area (Å²) in [6.07, 6.45) is 29.6. The van der Waals surface area contributed by atoms with Crippen LogP contribution < -0.4 is 5.32 Å². The number of carbonyl (C=O) groups is 3. The van der Waals surface area contributed by atoms with Crippen molar-refractivity contribution in [2.75, 3.05) is 19.8 Å². The summed E-state index contributed by atoms with van der Waals surface area (Å²) >= 11 is 0. The van der Waals surface area contributed by atoms with Gasteiger partial charge in [-0.05, 0) is 38.5 Å². The minimum atomic E-state index is -4.74. The van der Waals surface area contributed by atoms with Crippen molar-refractivity contribution >= 4 is 25.7 Å². The van der Waals surface area contributed by atoms with E-state index in [1.165, 1.54) is 77.0 Å². The molecule has 0 saturated carbocycles. The van der Waals surface area contributed by atoms with E-state index in [0.29, 0.717) is 12.8 Å². The fourth-order valence-corrected chi connectivity index (χ4v) is 6.02. The molecule has 0 aliphatic heterocycles. The van der Waals surface area contributed by atoms with Gasteiger partial charge in [0.2, 0.25) is 5.91 Å². The Morgan fingerprint density at radius 2 is 1.06 bits per heavy atom. The fourth-order valence-electron chi connectivity index (χ4n) is 5.25. The number of esters is 1. The van der Waals surface area contributed by atoms with Gasteiger partial charge >= 0.3 is 19.8 Å². The van der Waals surface area contributed by atoms with E-state index >= 15 is 0 Å². The number of aliphatic hydroxyl groups excluding tert-OH is 1. The number of rotatable bonds is 36. The SMILES string of the molecule is CCCCCCC/C=C\CCCCCCCC(=O)NC(COP(=O)(O)OCC(O)COC(=O)CCCCCCCCCCCCC)C(=O)O. The molecule has 1 amide bonds. The highest BCUT2D eigenvalue weighted by atomic mass is 31.2. The van der Waals surface area contributed by atoms with Gasteiger partial charge in [0.1, 0.15) is 12.7 Å². The van der Waals surface area contributed by atoms with E-state index < -0.39 is 57.6 Å². The molecule has 0 rings (SSSR count). The van der Waals surface area contributed by atoms with Crippen LogP contribution in [0.5, 0.6) is 0 Å². The Morgan fingerprint density at radius 1 is 0.633 bits per heavy atom. The number of aliphatic hydroxyl groups is 1. The first-order chi connectivity index (χ1) is 23.6. The summed E-state index contributed by atoms with van der Waals surface area (Å²) in [5.41, 5.74) is 0. The quantitative estimate of drug-likeness (QED) is 0.0212. The van der Waals surface area contributed by atoms with Gasteiger partial charge in [-0.2, -0.15) is 0 Å². The number of carboxylic acids is 1. The molecular formula is C37H70NO10P. The molecule has 0 radical (unpaired) electrons. The van der Waals surface area contributed by atoms with Crippen molar-refractivity contribution < 1.29 is 47.8 Å². The highest BCUT2D eigenvalue weighted by molar-refractivity contribution is 7.47. The molecule has 0 spiro atoms. The van der Waals surface area contributed by atoms with Gasteiger partial charge in [0.25, 0.3) is 0 Å². The second-order valence-corrected chi connectivity index (χ2v) is 14.6. The number of amides is 1. The van der Waals surface area contributed by atoms with E-state index in [1.54, 1.807) is 0 Å². The van der Waals surface area contributed by atoms with Gasteiger partial charge in [-0.3, -0.25) is 18.6 Å². The molecule has 0 aromatic heterocycles. The monoisotopic (exact) mass is 719 g/mol. The van der Waals surface area contributed by atoms with E-state index in [9.17, 15) is 34.1 Å². The molecule has 0 saturated heterocycles. The van der Waals surface area contributed by atoms with E-state index in [-0.39, 0.29) is 12.8 Å². The number of phosphoric acid groups is 1. The molecule has 0 fully saturated rings. The molecule has 0 aromatic rings. The third kappa shape index (κ3) is 33.1.